The summed E-state index contributed by atoms with van der Waals surface area (Å²) in [6, 6.07) is 4.76. The first-order valence-corrected chi connectivity index (χ1v) is 6.44. The van der Waals surface area contributed by atoms with Gasteiger partial charge in [0.1, 0.15) is 5.75 Å². The summed E-state index contributed by atoms with van der Waals surface area (Å²) in [5.41, 5.74) is 0. The molecule has 7 heteroatoms. The summed E-state index contributed by atoms with van der Waals surface area (Å²) in [5, 5.41) is 3.49. The van der Waals surface area contributed by atoms with Crippen molar-refractivity contribution in [3.8, 4) is 5.75 Å². The summed E-state index contributed by atoms with van der Waals surface area (Å²) in [4.78, 5) is 24.5. The summed E-state index contributed by atoms with van der Waals surface area (Å²) < 4.78 is 5.33. The van der Waals surface area contributed by atoms with E-state index in [1.165, 1.54) is 11.0 Å². The number of carbonyl (C=O) groups excluding carboxylic acids is 2. The van der Waals surface area contributed by atoms with Gasteiger partial charge in [-0.2, -0.15) is 0 Å². The Balaban J connectivity index is 1.91. The second kappa shape index (κ2) is 6.12. The fourth-order valence-corrected chi connectivity index (χ4v) is 2.14. The largest absolute Gasteiger partial charge is 0.482 e. The fourth-order valence-electron chi connectivity index (χ4n) is 1.67. The van der Waals surface area contributed by atoms with Gasteiger partial charge in [0.05, 0.1) is 11.6 Å². The lowest BCUT2D eigenvalue weighted by molar-refractivity contribution is -0.139. The molecule has 1 fully saturated rings. The molecule has 1 aromatic carbocycles. The van der Waals surface area contributed by atoms with E-state index in [2.05, 4.69) is 5.32 Å². The van der Waals surface area contributed by atoms with Crippen LogP contribution >= 0.6 is 23.2 Å². The summed E-state index contributed by atoms with van der Waals surface area (Å²) in [5.74, 6) is -0.0223. The van der Waals surface area contributed by atoms with Crippen molar-refractivity contribution in [1.29, 1.82) is 0 Å². The Hall–Kier alpha value is -1.46. The molecule has 1 N–H and O–H groups in total. The van der Waals surface area contributed by atoms with Crippen LogP contribution in [0.5, 0.6) is 5.75 Å². The van der Waals surface area contributed by atoms with Crippen LogP contribution in [-0.2, 0) is 9.59 Å². The zero-order chi connectivity index (χ0) is 13.8. The molecule has 1 heterocycles. The van der Waals surface area contributed by atoms with E-state index >= 15 is 0 Å². The first kappa shape index (κ1) is 14.0. The number of nitrogens with zero attached hydrogens (tertiary/aromatic N) is 1. The molecule has 0 atom stereocenters. The van der Waals surface area contributed by atoms with Gasteiger partial charge in [-0.3, -0.25) is 9.59 Å². The van der Waals surface area contributed by atoms with Crippen LogP contribution in [-0.4, -0.2) is 43.0 Å². The van der Waals surface area contributed by atoms with E-state index in [4.69, 9.17) is 27.9 Å². The summed E-state index contributed by atoms with van der Waals surface area (Å²) in [6.45, 7) is 0.861. The van der Waals surface area contributed by atoms with Crippen molar-refractivity contribution in [2.24, 2.45) is 0 Å². The molecule has 5 nitrogen and oxygen atoms in total. The van der Waals surface area contributed by atoms with E-state index in [0.29, 0.717) is 28.9 Å². The van der Waals surface area contributed by atoms with Crippen molar-refractivity contribution in [3.63, 3.8) is 0 Å². The van der Waals surface area contributed by atoms with Gasteiger partial charge in [0.2, 0.25) is 5.91 Å². The number of benzene rings is 1. The van der Waals surface area contributed by atoms with Gasteiger partial charge < -0.3 is 15.0 Å². The van der Waals surface area contributed by atoms with Crippen LogP contribution in [0.3, 0.4) is 0 Å². The Labute approximate surface area is 120 Å². The van der Waals surface area contributed by atoms with Gasteiger partial charge >= 0.3 is 0 Å². The number of rotatable bonds is 3. The molecule has 102 valence electrons. The number of ether oxygens (including phenoxy) is 1. The lowest BCUT2D eigenvalue weighted by atomic mass is 10.3. The monoisotopic (exact) mass is 302 g/mol. The molecule has 1 saturated heterocycles. The maximum atomic E-state index is 11.8. The van der Waals surface area contributed by atoms with Crippen molar-refractivity contribution in [3.05, 3.63) is 28.2 Å². The van der Waals surface area contributed by atoms with E-state index < -0.39 is 0 Å². The van der Waals surface area contributed by atoms with Crippen molar-refractivity contribution in [2.45, 2.75) is 0 Å². The highest BCUT2D eigenvalue weighted by molar-refractivity contribution is 6.35. The molecule has 0 aromatic heterocycles. The van der Waals surface area contributed by atoms with Crippen molar-refractivity contribution >= 4 is 35.0 Å². The Morgan fingerprint density at radius 1 is 1.42 bits per heavy atom. The van der Waals surface area contributed by atoms with E-state index in [-0.39, 0.29) is 25.0 Å². The van der Waals surface area contributed by atoms with Crippen molar-refractivity contribution in [2.75, 3.05) is 26.2 Å². The van der Waals surface area contributed by atoms with Gasteiger partial charge in [-0.05, 0) is 18.2 Å². The molecule has 0 bridgehead atoms. The molecule has 0 radical (unpaired) electrons. The first-order chi connectivity index (χ1) is 9.06. The van der Waals surface area contributed by atoms with Crippen LogP contribution < -0.4 is 10.1 Å². The third-order valence-corrected chi connectivity index (χ3v) is 3.17. The SMILES string of the molecule is O=C1CN(C(=O)COc2ccc(Cl)cc2Cl)CCN1. The molecule has 0 unspecified atom stereocenters. The summed E-state index contributed by atoms with van der Waals surface area (Å²) in [6.07, 6.45) is 0. The lowest BCUT2D eigenvalue weighted by Gasteiger charge is -2.26. The minimum Gasteiger partial charge on any atom is -0.482 e. The third-order valence-electron chi connectivity index (χ3n) is 2.64. The number of piperazine rings is 1. The Kier molecular flexibility index (Phi) is 4.50. The number of amides is 2. The summed E-state index contributed by atoms with van der Waals surface area (Å²) >= 11 is 11.7. The van der Waals surface area contributed by atoms with Crippen molar-refractivity contribution < 1.29 is 14.3 Å². The molecule has 0 saturated carbocycles. The maximum Gasteiger partial charge on any atom is 0.261 e. The molecular formula is C12H12Cl2N2O3. The van der Waals surface area contributed by atoms with Crippen LogP contribution in [0.2, 0.25) is 10.0 Å². The molecule has 1 aromatic rings. The lowest BCUT2D eigenvalue weighted by Crippen LogP contribution is -2.51. The van der Waals surface area contributed by atoms with E-state index in [1.807, 2.05) is 0 Å². The Morgan fingerprint density at radius 2 is 2.21 bits per heavy atom. The van der Waals surface area contributed by atoms with Gasteiger partial charge in [0.25, 0.3) is 5.91 Å². The Bertz CT molecular complexity index is 508. The van der Waals surface area contributed by atoms with Gasteiger partial charge in [0, 0.05) is 18.1 Å². The predicted molar refractivity (Wildman–Crippen MR) is 71.5 cm³/mol. The number of halogens is 2. The van der Waals surface area contributed by atoms with E-state index in [1.54, 1.807) is 12.1 Å². The van der Waals surface area contributed by atoms with Crippen LogP contribution in [0, 0.1) is 0 Å². The average Bonchev–Trinajstić information content (AvgIpc) is 2.37. The predicted octanol–water partition coefficient (Wildman–Crippen LogP) is 1.33. The zero-order valence-electron chi connectivity index (χ0n) is 9.99. The van der Waals surface area contributed by atoms with Gasteiger partial charge in [-0.15, -0.1) is 0 Å². The molecule has 0 spiro atoms. The maximum absolute atomic E-state index is 11.8. The molecule has 2 amide bonds. The number of nitrogens with one attached hydrogen (secondary N) is 1. The topological polar surface area (TPSA) is 58.6 Å². The second-order valence-corrected chi connectivity index (χ2v) is 4.87. The van der Waals surface area contributed by atoms with Crippen LogP contribution in [0.25, 0.3) is 0 Å². The number of carbonyl (C=O) groups is 2. The molecular weight excluding hydrogens is 291 g/mol. The molecule has 2 rings (SSSR count). The van der Waals surface area contributed by atoms with Crippen LogP contribution in [0.4, 0.5) is 0 Å². The minimum atomic E-state index is -0.249. The second-order valence-electron chi connectivity index (χ2n) is 4.03. The van der Waals surface area contributed by atoms with Gasteiger partial charge in [-0.25, -0.2) is 0 Å². The fraction of sp³-hybridized carbons (Fsp3) is 0.333. The minimum absolute atomic E-state index is 0.0660. The smallest absolute Gasteiger partial charge is 0.261 e. The zero-order valence-corrected chi connectivity index (χ0v) is 11.5. The summed E-state index contributed by atoms with van der Waals surface area (Å²) in [7, 11) is 0. The third kappa shape index (κ3) is 3.75. The highest BCUT2D eigenvalue weighted by Crippen LogP contribution is 2.27. The standard InChI is InChI=1S/C12H12Cl2N2O3/c13-8-1-2-10(9(14)5-8)19-7-12(18)16-4-3-15-11(17)6-16/h1-2,5H,3-4,6-7H2,(H,15,17). The highest BCUT2D eigenvalue weighted by atomic mass is 35.5. The molecule has 19 heavy (non-hydrogen) atoms. The highest BCUT2D eigenvalue weighted by Gasteiger charge is 2.21. The van der Waals surface area contributed by atoms with Gasteiger partial charge in [-0.1, -0.05) is 23.2 Å². The van der Waals surface area contributed by atoms with Crippen LogP contribution in [0.15, 0.2) is 18.2 Å². The molecule has 0 aliphatic carbocycles. The van der Waals surface area contributed by atoms with E-state index in [9.17, 15) is 9.59 Å². The Morgan fingerprint density at radius 3 is 2.89 bits per heavy atom. The average molecular weight is 303 g/mol. The number of hydrogen-bond acceptors (Lipinski definition) is 3. The normalized spacial score (nSPS) is 15.1. The van der Waals surface area contributed by atoms with E-state index in [0.717, 1.165) is 0 Å². The van der Waals surface area contributed by atoms with Gasteiger partial charge in [0.15, 0.2) is 6.61 Å². The van der Waals surface area contributed by atoms with Crippen molar-refractivity contribution in [1.82, 2.24) is 10.2 Å². The molecule has 1 aliphatic heterocycles. The van der Waals surface area contributed by atoms with Crippen LogP contribution in [0.1, 0.15) is 0 Å². The quantitative estimate of drug-likeness (QED) is 0.916. The molecule has 1 aliphatic rings. The first-order valence-electron chi connectivity index (χ1n) is 5.68. The number of hydrogen-bond donors (Lipinski definition) is 1.